The Labute approximate surface area is 151 Å². The Morgan fingerprint density at radius 2 is 1.96 bits per heavy atom. The van der Waals surface area contributed by atoms with Gasteiger partial charge in [0.1, 0.15) is 12.1 Å². The molecule has 10 heteroatoms. The maximum atomic E-state index is 11.6. The lowest BCUT2D eigenvalue weighted by Gasteiger charge is -2.35. The molecule has 0 aliphatic carbocycles. The molecule has 1 saturated heterocycles. The smallest absolute Gasteiger partial charge is 0.353 e. The van der Waals surface area contributed by atoms with E-state index in [1.807, 2.05) is 23.1 Å². The molecule has 1 aliphatic heterocycles. The molecule has 0 bridgehead atoms. The van der Waals surface area contributed by atoms with Crippen LogP contribution < -0.4 is 15.1 Å². The summed E-state index contributed by atoms with van der Waals surface area (Å²) in [4.78, 5) is 27.8. The van der Waals surface area contributed by atoms with Crippen LogP contribution in [0.4, 0.5) is 23.1 Å². The van der Waals surface area contributed by atoms with Crippen LogP contribution in [0.2, 0.25) is 0 Å². The van der Waals surface area contributed by atoms with E-state index in [9.17, 15) is 10.1 Å². The first-order valence-corrected chi connectivity index (χ1v) is 8.34. The van der Waals surface area contributed by atoms with Crippen LogP contribution >= 0.6 is 0 Å². The summed E-state index contributed by atoms with van der Waals surface area (Å²) in [6, 6.07) is 5.78. The van der Waals surface area contributed by atoms with Crippen molar-refractivity contribution >= 4 is 23.1 Å². The highest BCUT2D eigenvalue weighted by Gasteiger charge is 2.29. The van der Waals surface area contributed by atoms with Gasteiger partial charge in [-0.2, -0.15) is 0 Å². The van der Waals surface area contributed by atoms with Gasteiger partial charge in [-0.05, 0) is 12.1 Å². The molecule has 1 fully saturated rings. The Morgan fingerprint density at radius 3 is 2.62 bits per heavy atom. The van der Waals surface area contributed by atoms with Crippen LogP contribution in [0.5, 0.6) is 0 Å². The van der Waals surface area contributed by atoms with Crippen LogP contribution in [0.15, 0.2) is 30.7 Å². The molecule has 1 N–H and O–H groups in total. The topological polar surface area (TPSA) is 110 Å². The van der Waals surface area contributed by atoms with Crippen molar-refractivity contribution in [2.45, 2.75) is 0 Å². The van der Waals surface area contributed by atoms with Gasteiger partial charge in [-0.25, -0.2) is 15.0 Å². The molecule has 0 aromatic carbocycles. The van der Waals surface area contributed by atoms with E-state index >= 15 is 0 Å². The van der Waals surface area contributed by atoms with Crippen LogP contribution in [0, 0.1) is 10.1 Å². The molecule has 0 unspecified atom stereocenters. The first-order chi connectivity index (χ1) is 12.7. The molecule has 3 heterocycles. The maximum absolute atomic E-state index is 11.6. The van der Waals surface area contributed by atoms with Crippen LogP contribution in [-0.2, 0) is 4.74 Å². The summed E-state index contributed by atoms with van der Waals surface area (Å²) in [7, 11) is 1.57. The molecule has 0 radical (unpaired) electrons. The van der Waals surface area contributed by atoms with Crippen LogP contribution in [-0.4, -0.2) is 66.3 Å². The number of hydrogen-bond donors (Lipinski definition) is 1. The number of anilines is 3. The molecule has 10 nitrogen and oxygen atoms in total. The minimum Gasteiger partial charge on any atom is -0.383 e. The number of aromatic nitrogens is 3. The molecule has 26 heavy (non-hydrogen) atoms. The van der Waals surface area contributed by atoms with Crippen molar-refractivity contribution in [3.63, 3.8) is 0 Å². The number of piperazine rings is 1. The van der Waals surface area contributed by atoms with Gasteiger partial charge in [0.25, 0.3) is 0 Å². The SMILES string of the molecule is COCCNc1ncnc(N2CCN(c3ccccn3)CC2)c1[N+](=O)[O-]. The number of ether oxygens (including phenoxy) is 1. The fourth-order valence-electron chi connectivity index (χ4n) is 2.86. The van der Waals surface area contributed by atoms with Gasteiger partial charge < -0.3 is 19.9 Å². The number of rotatable bonds is 7. The molecule has 138 valence electrons. The minimum absolute atomic E-state index is 0.102. The van der Waals surface area contributed by atoms with E-state index in [1.165, 1.54) is 6.33 Å². The van der Waals surface area contributed by atoms with E-state index in [4.69, 9.17) is 4.74 Å². The molecule has 0 saturated carbocycles. The highest BCUT2D eigenvalue weighted by molar-refractivity contribution is 5.70. The summed E-state index contributed by atoms with van der Waals surface area (Å²) in [5, 5.41) is 14.6. The number of nitrogens with zero attached hydrogens (tertiary/aromatic N) is 6. The number of nitrogens with one attached hydrogen (secondary N) is 1. The van der Waals surface area contributed by atoms with Crippen molar-refractivity contribution in [2.75, 3.05) is 61.6 Å². The zero-order valence-electron chi connectivity index (χ0n) is 14.5. The minimum atomic E-state index is -0.435. The first-order valence-electron chi connectivity index (χ1n) is 8.34. The van der Waals surface area contributed by atoms with Gasteiger partial charge in [0, 0.05) is 46.0 Å². The highest BCUT2D eigenvalue weighted by atomic mass is 16.6. The number of pyridine rings is 1. The molecule has 1 aliphatic rings. The van der Waals surface area contributed by atoms with E-state index in [1.54, 1.807) is 13.3 Å². The molecule has 0 atom stereocenters. The molecule has 2 aromatic rings. The van der Waals surface area contributed by atoms with Crippen LogP contribution in [0.25, 0.3) is 0 Å². The van der Waals surface area contributed by atoms with Crippen LogP contribution in [0.3, 0.4) is 0 Å². The van der Waals surface area contributed by atoms with E-state index in [-0.39, 0.29) is 11.5 Å². The summed E-state index contributed by atoms with van der Waals surface area (Å²) in [5.74, 6) is 1.46. The van der Waals surface area contributed by atoms with Gasteiger partial charge in [0.05, 0.1) is 11.5 Å². The van der Waals surface area contributed by atoms with Gasteiger partial charge >= 0.3 is 5.69 Å². The summed E-state index contributed by atoms with van der Waals surface area (Å²) in [5.41, 5.74) is -0.102. The zero-order valence-corrected chi connectivity index (χ0v) is 14.5. The summed E-state index contributed by atoms with van der Waals surface area (Å²) in [6.07, 6.45) is 3.11. The second kappa shape index (κ2) is 8.39. The van der Waals surface area contributed by atoms with Crippen molar-refractivity contribution in [1.29, 1.82) is 0 Å². The summed E-state index contributed by atoms with van der Waals surface area (Å²) >= 11 is 0. The fraction of sp³-hybridized carbons (Fsp3) is 0.438. The normalized spacial score (nSPS) is 14.3. The Bertz CT molecular complexity index is 736. The first kappa shape index (κ1) is 17.8. The standard InChI is InChI=1S/C16H21N7O3/c1-26-11-6-18-15-14(23(24)25)16(20-12-19-15)22-9-7-21(8-10-22)13-4-2-3-5-17-13/h2-5,12H,6-11H2,1H3,(H,18,19,20). The van der Waals surface area contributed by atoms with Crippen molar-refractivity contribution in [3.8, 4) is 0 Å². The lowest BCUT2D eigenvalue weighted by atomic mass is 10.3. The summed E-state index contributed by atoms with van der Waals surface area (Å²) < 4.78 is 4.97. The Morgan fingerprint density at radius 1 is 1.19 bits per heavy atom. The molecular weight excluding hydrogens is 338 g/mol. The zero-order chi connectivity index (χ0) is 18.4. The largest absolute Gasteiger partial charge is 0.383 e. The molecule has 2 aromatic heterocycles. The quantitative estimate of drug-likeness (QED) is 0.442. The maximum Gasteiger partial charge on any atom is 0.353 e. The van der Waals surface area contributed by atoms with E-state index in [0.29, 0.717) is 45.1 Å². The predicted octanol–water partition coefficient (Wildman–Crippen LogP) is 1.16. The Balaban J connectivity index is 1.75. The van der Waals surface area contributed by atoms with Crippen molar-refractivity contribution in [1.82, 2.24) is 15.0 Å². The number of hydrogen-bond acceptors (Lipinski definition) is 9. The van der Waals surface area contributed by atoms with Crippen molar-refractivity contribution in [3.05, 3.63) is 40.8 Å². The lowest BCUT2D eigenvalue weighted by molar-refractivity contribution is -0.383. The third-order valence-corrected chi connectivity index (χ3v) is 4.14. The number of nitro groups is 1. The fourth-order valence-corrected chi connectivity index (χ4v) is 2.86. The van der Waals surface area contributed by atoms with Gasteiger partial charge in [-0.3, -0.25) is 10.1 Å². The van der Waals surface area contributed by atoms with Crippen molar-refractivity contribution < 1.29 is 9.66 Å². The molecular formula is C16H21N7O3. The second-order valence-electron chi connectivity index (χ2n) is 5.73. The van der Waals surface area contributed by atoms with Gasteiger partial charge in [-0.1, -0.05) is 6.07 Å². The van der Waals surface area contributed by atoms with Crippen LogP contribution in [0.1, 0.15) is 0 Å². The summed E-state index contributed by atoms with van der Waals surface area (Å²) in [6.45, 7) is 3.52. The van der Waals surface area contributed by atoms with Gasteiger partial charge in [-0.15, -0.1) is 0 Å². The van der Waals surface area contributed by atoms with Gasteiger partial charge in [0.2, 0.25) is 11.6 Å². The monoisotopic (exact) mass is 359 g/mol. The van der Waals surface area contributed by atoms with Crippen molar-refractivity contribution in [2.24, 2.45) is 0 Å². The van der Waals surface area contributed by atoms with Gasteiger partial charge in [0.15, 0.2) is 0 Å². The Kier molecular flexibility index (Phi) is 5.74. The number of methoxy groups -OCH3 is 1. The van der Waals surface area contributed by atoms with E-state index < -0.39 is 4.92 Å². The average Bonchev–Trinajstić information content (AvgIpc) is 2.68. The third-order valence-electron chi connectivity index (χ3n) is 4.14. The lowest BCUT2D eigenvalue weighted by Crippen LogP contribution is -2.47. The molecule has 0 spiro atoms. The second-order valence-corrected chi connectivity index (χ2v) is 5.73. The average molecular weight is 359 g/mol. The molecule has 0 amide bonds. The van der Waals surface area contributed by atoms with E-state index in [2.05, 4.69) is 25.2 Å². The predicted molar refractivity (Wildman–Crippen MR) is 97.7 cm³/mol. The Hall–Kier alpha value is -3.01. The van der Waals surface area contributed by atoms with E-state index in [0.717, 1.165) is 5.82 Å². The molecule has 3 rings (SSSR count). The third kappa shape index (κ3) is 3.97. The highest BCUT2D eigenvalue weighted by Crippen LogP contribution is 2.32.